The average Bonchev–Trinajstić information content (AvgIpc) is 2.55. The number of halogens is 2. The summed E-state index contributed by atoms with van der Waals surface area (Å²) in [5.41, 5.74) is 0.166. The minimum absolute atomic E-state index is 0.166. The fourth-order valence-electron chi connectivity index (χ4n) is 3.07. The van der Waals surface area contributed by atoms with Gasteiger partial charge in [0.2, 0.25) is 0 Å². The fraction of sp³-hybridized carbons (Fsp3) is 0.625. The van der Waals surface area contributed by atoms with Gasteiger partial charge in [0.15, 0.2) is 0 Å². The molecule has 1 aromatic carbocycles. The van der Waals surface area contributed by atoms with Crippen molar-refractivity contribution in [1.82, 2.24) is 5.32 Å². The van der Waals surface area contributed by atoms with E-state index in [1.165, 1.54) is 43.9 Å². The van der Waals surface area contributed by atoms with Crippen molar-refractivity contribution in [1.29, 1.82) is 0 Å². The minimum Gasteiger partial charge on any atom is -0.307 e. The van der Waals surface area contributed by atoms with Gasteiger partial charge in [-0.15, -0.1) is 0 Å². The monoisotopic (exact) mass is 267 g/mol. The molecule has 1 saturated carbocycles. The lowest BCUT2D eigenvalue weighted by molar-refractivity contribution is 0.322. The quantitative estimate of drug-likeness (QED) is 0.790. The molecule has 0 spiro atoms. The van der Waals surface area contributed by atoms with Gasteiger partial charge in [0.1, 0.15) is 11.6 Å². The van der Waals surface area contributed by atoms with E-state index in [1.54, 1.807) is 0 Å². The molecule has 1 aromatic rings. The molecule has 1 nitrogen and oxygen atoms in total. The van der Waals surface area contributed by atoms with E-state index in [9.17, 15) is 8.78 Å². The number of rotatable bonds is 3. The maximum atomic E-state index is 13.8. The second-order valence-corrected chi connectivity index (χ2v) is 5.75. The van der Waals surface area contributed by atoms with Crippen LogP contribution in [0.15, 0.2) is 18.2 Å². The van der Waals surface area contributed by atoms with E-state index in [-0.39, 0.29) is 11.6 Å². The second kappa shape index (κ2) is 6.47. The van der Waals surface area contributed by atoms with Gasteiger partial charge in [0.05, 0.1) is 0 Å². The first-order valence-electron chi connectivity index (χ1n) is 7.29. The molecule has 0 bridgehead atoms. The van der Waals surface area contributed by atoms with Crippen LogP contribution in [-0.2, 0) is 0 Å². The number of hydrogen-bond acceptors (Lipinski definition) is 1. The summed E-state index contributed by atoms with van der Waals surface area (Å²) >= 11 is 0. The molecule has 0 aromatic heterocycles. The van der Waals surface area contributed by atoms with Crippen LogP contribution in [0.25, 0.3) is 0 Å². The summed E-state index contributed by atoms with van der Waals surface area (Å²) in [6.07, 6.45) is 6.03. The molecule has 19 heavy (non-hydrogen) atoms. The Bertz CT molecular complexity index is 399. The summed E-state index contributed by atoms with van der Waals surface area (Å²) in [6.45, 7) is 4.08. The molecule has 0 aliphatic heterocycles. The van der Waals surface area contributed by atoms with Crippen LogP contribution < -0.4 is 5.32 Å². The Morgan fingerprint density at radius 3 is 2.42 bits per heavy atom. The lowest BCUT2D eigenvalue weighted by Gasteiger charge is -2.27. The molecule has 0 saturated heterocycles. The van der Waals surface area contributed by atoms with Gasteiger partial charge < -0.3 is 5.32 Å². The summed E-state index contributed by atoms with van der Waals surface area (Å²) in [5.74, 6) is -0.345. The third-order valence-corrected chi connectivity index (χ3v) is 4.26. The molecule has 0 radical (unpaired) electrons. The van der Waals surface area contributed by atoms with Crippen molar-refractivity contribution in [3.8, 4) is 0 Å². The van der Waals surface area contributed by atoms with Crippen LogP contribution in [0, 0.1) is 17.6 Å². The van der Waals surface area contributed by atoms with E-state index in [0.29, 0.717) is 12.0 Å². The normalized spacial score (nSPS) is 25.9. The van der Waals surface area contributed by atoms with Crippen LogP contribution in [0.2, 0.25) is 0 Å². The molecule has 0 heterocycles. The predicted octanol–water partition coefficient (Wildman–Crippen LogP) is 4.58. The Labute approximate surface area is 114 Å². The summed E-state index contributed by atoms with van der Waals surface area (Å²) in [6, 6.07) is 4.14. The maximum absolute atomic E-state index is 13.8. The van der Waals surface area contributed by atoms with Crippen molar-refractivity contribution in [2.75, 3.05) is 0 Å². The third-order valence-electron chi connectivity index (χ3n) is 4.26. The van der Waals surface area contributed by atoms with Crippen molar-refractivity contribution in [2.24, 2.45) is 5.92 Å². The third kappa shape index (κ3) is 3.53. The molecule has 3 atom stereocenters. The second-order valence-electron chi connectivity index (χ2n) is 5.75. The van der Waals surface area contributed by atoms with Crippen LogP contribution in [0.3, 0.4) is 0 Å². The van der Waals surface area contributed by atoms with E-state index >= 15 is 0 Å². The zero-order valence-corrected chi connectivity index (χ0v) is 11.8. The molecule has 2 rings (SSSR count). The van der Waals surface area contributed by atoms with E-state index in [4.69, 9.17) is 0 Å². The highest BCUT2D eigenvalue weighted by atomic mass is 19.1. The van der Waals surface area contributed by atoms with E-state index < -0.39 is 11.6 Å². The van der Waals surface area contributed by atoms with Crippen molar-refractivity contribution < 1.29 is 8.78 Å². The topological polar surface area (TPSA) is 12.0 Å². The van der Waals surface area contributed by atoms with Crippen LogP contribution >= 0.6 is 0 Å². The molecular weight excluding hydrogens is 244 g/mol. The lowest BCUT2D eigenvalue weighted by atomic mass is 9.95. The number of hydrogen-bond donors (Lipinski definition) is 1. The molecule has 1 aliphatic carbocycles. The Balaban J connectivity index is 2.09. The van der Waals surface area contributed by atoms with E-state index in [1.807, 2.05) is 6.92 Å². The van der Waals surface area contributed by atoms with Crippen molar-refractivity contribution in [2.45, 2.75) is 58.0 Å². The highest BCUT2D eigenvalue weighted by Gasteiger charge is 2.24. The first-order chi connectivity index (χ1) is 9.09. The smallest absolute Gasteiger partial charge is 0.130 e. The number of benzene rings is 1. The molecule has 106 valence electrons. The Morgan fingerprint density at radius 1 is 1.11 bits per heavy atom. The number of nitrogens with one attached hydrogen (secondary N) is 1. The van der Waals surface area contributed by atoms with Crippen molar-refractivity contribution >= 4 is 0 Å². The van der Waals surface area contributed by atoms with Gasteiger partial charge in [-0.1, -0.05) is 32.3 Å². The molecule has 1 aliphatic rings. The molecular formula is C16H23F2N. The largest absolute Gasteiger partial charge is 0.307 e. The van der Waals surface area contributed by atoms with Crippen molar-refractivity contribution in [3.05, 3.63) is 35.4 Å². The summed E-state index contributed by atoms with van der Waals surface area (Å²) < 4.78 is 27.5. The van der Waals surface area contributed by atoms with Gasteiger partial charge in [-0.25, -0.2) is 8.78 Å². The van der Waals surface area contributed by atoms with Crippen LogP contribution in [0.4, 0.5) is 8.78 Å². The van der Waals surface area contributed by atoms with Gasteiger partial charge in [-0.05, 0) is 37.8 Å². The maximum Gasteiger partial charge on any atom is 0.130 e. The zero-order chi connectivity index (χ0) is 13.8. The predicted molar refractivity (Wildman–Crippen MR) is 73.9 cm³/mol. The molecule has 1 N–H and O–H groups in total. The SMILES string of the molecule is CC(NC1CCCCCC1C)c1c(F)cccc1F. The Kier molecular flexibility index (Phi) is 4.92. The van der Waals surface area contributed by atoms with Gasteiger partial charge >= 0.3 is 0 Å². The van der Waals surface area contributed by atoms with Crippen LogP contribution in [0.1, 0.15) is 57.6 Å². The highest BCUT2D eigenvalue weighted by molar-refractivity contribution is 5.23. The van der Waals surface area contributed by atoms with Gasteiger partial charge in [0, 0.05) is 17.6 Å². The standard InChI is InChI=1S/C16H23F2N/c1-11-7-4-3-5-10-15(11)19-12(2)16-13(17)8-6-9-14(16)18/h6,8-9,11-12,15,19H,3-5,7,10H2,1-2H3. The minimum atomic E-state index is -0.457. The summed E-state index contributed by atoms with van der Waals surface area (Å²) in [7, 11) is 0. The fourth-order valence-corrected chi connectivity index (χ4v) is 3.07. The Morgan fingerprint density at radius 2 is 1.74 bits per heavy atom. The average molecular weight is 267 g/mol. The highest BCUT2D eigenvalue weighted by Crippen LogP contribution is 2.27. The van der Waals surface area contributed by atoms with E-state index in [2.05, 4.69) is 12.2 Å². The van der Waals surface area contributed by atoms with Crippen LogP contribution in [0.5, 0.6) is 0 Å². The molecule has 3 unspecified atom stereocenters. The van der Waals surface area contributed by atoms with E-state index in [0.717, 1.165) is 6.42 Å². The van der Waals surface area contributed by atoms with Gasteiger partial charge in [-0.2, -0.15) is 0 Å². The first kappa shape index (κ1) is 14.4. The van der Waals surface area contributed by atoms with Gasteiger partial charge in [0.25, 0.3) is 0 Å². The Hall–Kier alpha value is -0.960. The summed E-state index contributed by atoms with van der Waals surface area (Å²) in [4.78, 5) is 0. The van der Waals surface area contributed by atoms with Gasteiger partial charge in [-0.3, -0.25) is 0 Å². The van der Waals surface area contributed by atoms with Crippen LogP contribution in [-0.4, -0.2) is 6.04 Å². The molecule has 1 fully saturated rings. The van der Waals surface area contributed by atoms with Crippen molar-refractivity contribution in [3.63, 3.8) is 0 Å². The molecule has 3 heteroatoms. The first-order valence-corrected chi connectivity index (χ1v) is 7.29. The lowest BCUT2D eigenvalue weighted by Crippen LogP contribution is -2.36. The summed E-state index contributed by atoms with van der Waals surface area (Å²) in [5, 5.41) is 3.43. The molecule has 0 amide bonds. The zero-order valence-electron chi connectivity index (χ0n) is 11.8.